The number of para-hydroxylation sites is 1. The minimum Gasteiger partial charge on any atom is -0.340 e. The van der Waals surface area contributed by atoms with E-state index < -0.39 is 0 Å². The van der Waals surface area contributed by atoms with Crippen LogP contribution < -0.4 is 5.32 Å². The first-order valence-corrected chi connectivity index (χ1v) is 8.17. The van der Waals surface area contributed by atoms with Crippen molar-refractivity contribution in [1.82, 2.24) is 19.9 Å². The van der Waals surface area contributed by atoms with Gasteiger partial charge in [0.1, 0.15) is 5.82 Å². The summed E-state index contributed by atoms with van der Waals surface area (Å²) in [5.41, 5.74) is 0.873. The van der Waals surface area contributed by atoms with Gasteiger partial charge in [-0.2, -0.15) is 0 Å². The molecule has 1 unspecified atom stereocenters. The Labute approximate surface area is 132 Å². The minimum atomic E-state index is -0.110. The highest BCUT2D eigenvalue weighted by Crippen LogP contribution is 2.40. The Kier molecular flexibility index (Phi) is 3.18. The van der Waals surface area contributed by atoms with Crippen LogP contribution >= 0.6 is 11.3 Å². The molecule has 22 heavy (non-hydrogen) atoms. The Morgan fingerprint density at radius 1 is 1.41 bits per heavy atom. The normalized spacial score (nSPS) is 15.9. The molecule has 1 atom stereocenters. The van der Waals surface area contributed by atoms with Gasteiger partial charge in [0.2, 0.25) is 0 Å². The number of carbonyl (C=O) groups excluding carboxylic acids is 1. The average Bonchev–Trinajstić information content (AvgIpc) is 3.12. The number of aromatic nitrogens is 3. The summed E-state index contributed by atoms with van der Waals surface area (Å²) in [5, 5.41) is 3.64. The molecule has 3 aromatic rings. The van der Waals surface area contributed by atoms with Crippen molar-refractivity contribution in [2.75, 3.05) is 0 Å². The van der Waals surface area contributed by atoms with Crippen LogP contribution in [0, 0.1) is 5.92 Å². The van der Waals surface area contributed by atoms with Crippen molar-refractivity contribution < 1.29 is 4.79 Å². The molecule has 1 aliphatic rings. The van der Waals surface area contributed by atoms with Gasteiger partial charge in [0.15, 0.2) is 5.01 Å². The first kappa shape index (κ1) is 13.5. The number of fused-ring (bicyclic) bond motifs is 1. The Hall–Kier alpha value is -2.21. The molecule has 1 amide bonds. The Morgan fingerprint density at radius 3 is 2.91 bits per heavy atom. The molecule has 4 rings (SSSR count). The highest BCUT2D eigenvalue weighted by atomic mass is 32.1. The molecule has 0 radical (unpaired) electrons. The van der Waals surface area contributed by atoms with Crippen molar-refractivity contribution in [3.05, 3.63) is 47.5 Å². The smallest absolute Gasteiger partial charge is 0.280 e. The van der Waals surface area contributed by atoms with Crippen molar-refractivity contribution in [1.29, 1.82) is 0 Å². The summed E-state index contributed by atoms with van der Waals surface area (Å²) in [7, 11) is 1.96. The van der Waals surface area contributed by atoms with Crippen molar-refractivity contribution >= 4 is 27.5 Å². The number of aryl methyl sites for hydroxylation is 1. The number of nitrogens with one attached hydrogen (secondary N) is 1. The zero-order valence-corrected chi connectivity index (χ0v) is 13.0. The van der Waals surface area contributed by atoms with E-state index in [-0.39, 0.29) is 11.9 Å². The molecule has 0 saturated heterocycles. The second kappa shape index (κ2) is 5.21. The number of rotatable bonds is 4. The monoisotopic (exact) mass is 312 g/mol. The van der Waals surface area contributed by atoms with Gasteiger partial charge >= 0.3 is 0 Å². The van der Waals surface area contributed by atoms with E-state index >= 15 is 0 Å². The summed E-state index contributed by atoms with van der Waals surface area (Å²) >= 11 is 1.43. The first-order valence-electron chi connectivity index (χ1n) is 7.36. The molecule has 2 aromatic heterocycles. The van der Waals surface area contributed by atoms with Crippen LogP contribution in [0.4, 0.5) is 0 Å². The summed E-state index contributed by atoms with van der Waals surface area (Å²) in [6, 6.07) is 7.79. The lowest BCUT2D eigenvalue weighted by Gasteiger charge is -2.17. The van der Waals surface area contributed by atoms with Gasteiger partial charge in [-0.15, -0.1) is 11.3 Å². The number of benzene rings is 1. The summed E-state index contributed by atoms with van der Waals surface area (Å²) in [6.07, 6.45) is 5.96. The third-order valence-electron chi connectivity index (χ3n) is 4.00. The van der Waals surface area contributed by atoms with Gasteiger partial charge in [0.25, 0.3) is 5.91 Å². The molecule has 5 nitrogen and oxygen atoms in total. The van der Waals surface area contributed by atoms with E-state index in [4.69, 9.17) is 0 Å². The van der Waals surface area contributed by atoms with Gasteiger partial charge in [-0.1, -0.05) is 12.1 Å². The van der Waals surface area contributed by atoms with Crippen LogP contribution in [-0.4, -0.2) is 20.4 Å². The molecule has 1 aromatic carbocycles. The predicted octanol–water partition coefficient (Wildman–Crippen LogP) is 2.91. The topological polar surface area (TPSA) is 59.8 Å². The van der Waals surface area contributed by atoms with E-state index in [2.05, 4.69) is 15.3 Å². The largest absolute Gasteiger partial charge is 0.340 e. The van der Waals surface area contributed by atoms with E-state index in [9.17, 15) is 4.79 Å². The van der Waals surface area contributed by atoms with E-state index in [1.807, 2.05) is 42.1 Å². The zero-order valence-electron chi connectivity index (χ0n) is 12.2. The van der Waals surface area contributed by atoms with Crippen LogP contribution in [-0.2, 0) is 7.05 Å². The second-order valence-corrected chi connectivity index (χ2v) is 6.70. The van der Waals surface area contributed by atoms with Gasteiger partial charge in [-0.25, -0.2) is 9.97 Å². The molecule has 1 fully saturated rings. The summed E-state index contributed by atoms with van der Waals surface area (Å²) in [6.45, 7) is 0. The molecule has 2 heterocycles. The SMILES string of the molecule is Cn1ccnc1C(NC(=O)c1nc2ccccc2s1)C1CC1. The lowest BCUT2D eigenvalue weighted by molar-refractivity contribution is 0.0929. The molecule has 1 aliphatic carbocycles. The van der Waals surface area contributed by atoms with Crippen LogP contribution in [0.3, 0.4) is 0 Å². The molecular weight excluding hydrogens is 296 g/mol. The fourth-order valence-electron chi connectivity index (χ4n) is 2.67. The number of nitrogens with zero attached hydrogens (tertiary/aromatic N) is 3. The molecule has 0 bridgehead atoms. The number of imidazole rings is 1. The fourth-order valence-corrected chi connectivity index (χ4v) is 3.54. The van der Waals surface area contributed by atoms with Crippen molar-refractivity contribution in [3.63, 3.8) is 0 Å². The highest BCUT2D eigenvalue weighted by Gasteiger charge is 2.36. The van der Waals surface area contributed by atoms with Gasteiger partial charge < -0.3 is 9.88 Å². The third kappa shape index (κ3) is 2.39. The number of thiazole rings is 1. The first-order chi connectivity index (χ1) is 10.7. The predicted molar refractivity (Wildman–Crippen MR) is 85.8 cm³/mol. The number of carbonyl (C=O) groups is 1. The zero-order chi connectivity index (χ0) is 15.1. The van der Waals surface area contributed by atoms with Gasteiger partial charge in [-0.3, -0.25) is 4.79 Å². The maximum absolute atomic E-state index is 12.6. The Morgan fingerprint density at radius 2 is 2.23 bits per heavy atom. The van der Waals surface area contributed by atoms with Gasteiger partial charge in [0, 0.05) is 19.4 Å². The van der Waals surface area contributed by atoms with Crippen LogP contribution in [0.2, 0.25) is 0 Å². The van der Waals surface area contributed by atoms with E-state index in [0.717, 1.165) is 28.9 Å². The third-order valence-corrected chi connectivity index (χ3v) is 5.04. The lowest BCUT2D eigenvalue weighted by Crippen LogP contribution is -2.31. The van der Waals surface area contributed by atoms with E-state index in [1.165, 1.54) is 11.3 Å². The van der Waals surface area contributed by atoms with Crippen molar-refractivity contribution in [2.24, 2.45) is 13.0 Å². The maximum atomic E-state index is 12.6. The van der Waals surface area contributed by atoms with Crippen LogP contribution in [0.5, 0.6) is 0 Å². The van der Waals surface area contributed by atoms with Gasteiger partial charge in [-0.05, 0) is 30.9 Å². The highest BCUT2D eigenvalue weighted by molar-refractivity contribution is 7.20. The summed E-state index contributed by atoms with van der Waals surface area (Å²) in [5.74, 6) is 1.29. The summed E-state index contributed by atoms with van der Waals surface area (Å²) < 4.78 is 3.01. The molecule has 6 heteroatoms. The van der Waals surface area contributed by atoms with Crippen LogP contribution in [0.1, 0.15) is 34.5 Å². The van der Waals surface area contributed by atoms with Crippen molar-refractivity contribution in [3.8, 4) is 0 Å². The van der Waals surface area contributed by atoms with Crippen LogP contribution in [0.25, 0.3) is 10.2 Å². The number of hydrogen-bond acceptors (Lipinski definition) is 4. The second-order valence-electron chi connectivity index (χ2n) is 5.67. The summed E-state index contributed by atoms with van der Waals surface area (Å²) in [4.78, 5) is 21.4. The van der Waals surface area contributed by atoms with Crippen molar-refractivity contribution in [2.45, 2.75) is 18.9 Å². The standard InChI is InChI=1S/C16H16N4OS/c1-20-9-8-17-14(20)13(10-6-7-10)19-15(21)16-18-11-4-2-3-5-12(11)22-16/h2-5,8-10,13H,6-7H2,1H3,(H,19,21). The quantitative estimate of drug-likeness (QED) is 0.806. The molecule has 0 spiro atoms. The molecular formula is C16H16N4OS. The fraction of sp³-hybridized carbons (Fsp3) is 0.312. The maximum Gasteiger partial charge on any atom is 0.280 e. The molecule has 112 valence electrons. The number of amides is 1. The average molecular weight is 312 g/mol. The molecule has 1 N–H and O–H groups in total. The van der Waals surface area contributed by atoms with E-state index in [0.29, 0.717) is 10.9 Å². The van der Waals surface area contributed by atoms with E-state index in [1.54, 1.807) is 6.20 Å². The number of hydrogen-bond donors (Lipinski definition) is 1. The van der Waals surface area contributed by atoms with Gasteiger partial charge in [0.05, 0.1) is 16.3 Å². The molecule has 1 saturated carbocycles. The Bertz CT molecular complexity index is 800. The lowest BCUT2D eigenvalue weighted by atomic mass is 10.1. The van der Waals surface area contributed by atoms with Crippen LogP contribution in [0.15, 0.2) is 36.7 Å². The Balaban J connectivity index is 1.60. The molecule has 0 aliphatic heterocycles. The minimum absolute atomic E-state index is 0.0282.